The lowest BCUT2D eigenvalue weighted by Gasteiger charge is -2.20. The number of carbonyl (C=O) groups excluding carboxylic acids is 1. The minimum atomic E-state index is -0.0211. The zero-order chi connectivity index (χ0) is 21.8. The summed E-state index contributed by atoms with van der Waals surface area (Å²) in [5.41, 5.74) is 4.98. The van der Waals surface area contributed by atoms with Gasteiger partial charge in [-0.2, -0.15) is 0 Å². The van der Waals surface area contributed by atoms with Crippen molar-refractivity contribution in [2.24, 2.45) is 7.05 Å². The molecule has 31 heavy (non-hydrogen) atoms. The normalized spacial score (nSPS) is 14.0. The Bertz CT molecular complexity index is 1080. The Labute approximate surface area is 187 Å². The molecule has 3 aromatic rings. The van der Waals surface area contributed by atoms with E-state index in [2.05, 4.69) is 33.7 Å². The molecule has 6 nitrogen and oxygen atoms in total. The summed E-state index contributed by atoms with van der Waals surface area (Å²) >= 11 is 1.39. The van der Waals surface area contributed by atoms with Gasteiger partial charge in [-0.1, -0.05) is 42.1 Å². The summed E-state index contributed by atoms with van der Waals surface area (Å²) < 4.78 is 7.19. The van der Waals surface area contributed by atoms with Crippen LogP contribution in [0.4, 0.5) is 0 Å². The molecule has 1 aromatic heterocycles. The van der Waals surface area contributed by atoms with E-state index < -0.39 is 0 Å². The van der Waals surface area contributed by atoms with E-state index in [1.165, 1.54) is 42.2 Å². The number of ether oxygens (including phenoxy) is 1. The fourth-order valence-corrected chi connectivity index (χ4v) is 4.70. The molecule has 1 heterocycles. The van der Waals surface area contributed by atoms with E-state index in [0.717, 1.165) is 29.1 Å². The van der Waals surface area contributed by atoms with Crippen molar-refractivity contribution in [1.82, 2.24) is 20.1 Å². The molecule has 0 radical (unpaired) electrons. The topological polar surface area (TPSA) is 69.0 Å². The van der Waals surface area contributed by atoms with E-state index in [-0.39, 0.29) is 11.9 Å². The van der Waals surface area contributed by atoms with Gasteiger partial charge in [0.05, 0.1) is 18.9 Å². The number of methoxy groups -OCH3 is 1. The van der Waals surface area contributed by atoms with Crippen molar-refractivity contribution in [2.45, 2.75) is 43.8 Å². The van der Waals surface area contributed by atoms with Crippen molar-refractivity contribution in [1.29, 1.82) is 0 Å². The molecule has 1 aliphatic rings. The lowest BCUT2D eigenvalue weighted by molar-refractivity contribution is -0.119. The summed E-state index contributed by atoms with van der Waals surface area (Å²) in [7, 11) is 3.55. The van der Waals surface area contributed by atoms with Gasteiger partial charge in [-0.3, -0.25) is 4.79 Å². The molecule has 0 saturated carbocycles. The number of carbonyl (C=O) groups is 1. The van der Waals surface area contributed by atoms with Gasteiger partial charge in [0.15, 0.2) is 11.0 Å². The summed E-state index contributed by atoms with van der Waals surface area (Å²) in [4.78, 5) is 12.6. The number of thioether (sulfide) groups is 1. The molecule has 162 valence electrons. The summed E-state index contributed by atoms with van der Waals surface area (Å²) in [6.07, 6.45) is 4.84. The Morgan fingerprint density at radius 3 is 2.77 bits per heavy atom. The van der Waals surface area contributed by atoms with Gasteiger partial charge in [-0.25, -0.2) is 0 Å². The number of fused-ring (bicyclic) bond motifs is 1. The van der Waals surface area contributed by atoms with Crippen LogP contribution < -0.4 is 10.1 Å². The predicted octanol–water partition coefficient (Wildman–Crippen LogP) is 4.34. The van der Waals surface area contributed by atoms with Gasteiger partial charge in [0.2, 0.25) is 5.91 Å². The van der Waals surface area contributed by atoms with Crippen LogP contribution in [0.2, 0.25) is 0 Å². The van der Waals surface area contributed by atoms with Crippen molar-refractivity contribution >= 4 is 17.7 Å². The van der Waals surface area contributed by atoms with Gasteiger partial charge >= 0.3 is 0 Å². The lowest BCUT2D eigenvalue weighted by atomic mass is 9.89. The first-order valence-electron chi connectivity index (χ1n) is 10.6. The molecule has 4 rings (SSSR count). The SMILES string of the molecule is COc1cccc(-c2nnc(SCC(=O)N[C@H](C)c3ccc4c(c3)CCCC4)n2C)c1. The molecule has 1 aliphatic carbocycles. The highest BCUT2D eigenvalue weighted by atomic mass is 32.2. The summed E-state index contributed by atoms with van der Waals surface area (Å²) in [5, 5.41) is 12.4. The van der Waals surface area contributed by atoms with Gasteiger partial charge in [-0.15, -0.1) is 10.2 Å². The summed E-state index contributed by atoms with van der Waals surface area (Å²) in [6, 6.07) is 14.3. The Hall–Kier alpha value is -2.80. The molecule has 1 N–H and O–H groups in total. The smallest absolute Gasteiger partial charge is 0.230 e. The molecule has 0 spiro atoms. The van der Waals surface area contributed by atoms with Crippen molar-refractivity contribution in [3.8, 4) is 17.1 Å². The highest BCUT2D eigenvalue weighted by molar-refractivity contribution is 7.99. The number of aryl methyl sites for hydroxylation is 2. The molecule has 0 aliphatic heterocycles. The van der Waals surface area contributed by atoms with Crippen LogP contribution in [-0.2, 0) is 24.7 Å². The van der Waals surface area contributed by atoms with Crippen LogP contribution in [0, 0.1) is 0 Å². The second kappa shape index (κ2) is 9.56. The second-order valence-electron chi connectivity index (χ2n) is 7.91. The van der Waals surface area contributed by atoms with E-state index in [0.29, 0.717) is 10.9 Å². The third kappa shape index (κ3) is 4.93. The maximum absolute atomic E-state index is 12.6. The number of aromatic nitrogens is 3. The van der Waals surface area contributed by atoms with E-state index in [4.69, 9.17) is 4.74 Å². The fraction of sp³-hybridized carbons (Fsp3) is 0.375. The summed E-state index contributed by atoms with van der Waals surface area (Å²) in [6.45, 7) is 2.04. The Morgan fingerprint density at radius 2 is 1.97 bits per heavy atom. The van der Waals surface area contributed by atoms with Crippen molar-refractivity contribution < 1.29 is 9.53 Å². The van der Waals surface area contributed by atoms with E-state index in [1.54, 1.807) is 7.11 Å². The average Bonchev–Trinajstić information content (AvgIpc) is 3.17. The number of nitrogens with one attached hydrogen (secondary N) is 1. The first kappa shape index (κ1) is 21.4. The van der Waals surface area contributed by atoms with Crippen LogP contribution in [0.1, 0.15) is 42.5 Å². The first-order chi connectivity index (χ1) is 15.0. The number of benzene rings is 2. The molecule has 0 fully saturated rings. The highest BCUT2D eigenvalue weighted by Gasteiger charge is 2.16. The lowest BCUT2D eigenvalue weighted by Crippen LogP contribution is -2.28. The first-order valence-corrected chi connectivity index (χ1v) is 11.6. The molecule has 0 bridgehead atoms. The van der Waals surface area contributed by atoms with Crippen LogP contribution >= 0.6 is 11.8 Å². The Balaban J connectivity index is 1.36. The Morgan fingerprint density at radius 1 is 1.16 bits per heavy atom. The third-order valence-electron chi connectivity index (χ3n) is 5.75. The van der Waals surface area contributed by atoms with E-state index in [1.807, 2.05) is 42.8 Å². The van der Waals surface area contributed by atoms with E-state index in [9.17, 15) is 4.79 Å². The van der Waals surface area contributed by atoms with Crippen LogP contribution in [-0.4, -0.2) is 33.5 Å². The number of hydrogen-bond donors (Lipinski definition) is 1. The molecule has 0 saturated heterocycles. The number of amides is 1. The zero-order valence-electron chi connectivity index (χ0n) is 18.2. The third-order valence-corrected chi connectivity index (χ3v) is 6.77. The number of nitrogens with zero attached hydrogens (tertiary/aromatic N) is 3. The number of rotatable bonds is 7. The van der Waals surface area contributed by atoms with Crippen molar-refractivity contribution in [3.05, 3.63) is 59.2 Å². The minimum absolute atomic E-state index is 0.0128. The molecule has 7 heteroatoms. The quantitative estimate of drug-likeness (QED) is 0.558. The molecular formula is C24H28N4O2S. The number of hydrogen-bond acceptors (Lipinski definition) is 5. The highest BCUT2D eigenvalue weighted by Crippen LogP contribution is 2.27. The van der Waals surface area contributed by atoms with Crippen LogP contribution in [0.5, 0.6) is 5.75 Å². The zero-order valence-corrected chi connectivity index (χ0v) is 19.0. The molecule has 2 aromatic carbocycles. The van der Waals surface area contributed by atoms with Crippen LogP contribution in [0.25, 0.3) is 11.4 Å². The second-order valence-corrected chi connectivity index (χ2v) is 8.85. The van der Waals surface area contributed by atoms with Crippen LogP contribution in [0.3, 0.4) is 0 Å². The molecule has 1 atom stereocenters. The van der Waals surface area contributed by atoms with Gasteiger partial charge < -0.3 is 14.6 Å². The fourth-order valence-electron chi connectivity index (χ4n) is 3.97. The average molecular weight is 437 g/mol. The van der Waals surface area contributed by atoms with Crippen molar-refractivity contribution in [3.63, 3.8) is 0 Å². The van der Waals surface area contributed by atoms with Crippen LogP contribution in [0.15, 0.2) is 47.6 Å². The largest absolute Gasteiger partial charge is 0.497 e. The maximum atomic E-state index is 12.6. The molecule has 0 unspecified atom stereocenters. The monoisotopic (exact) mass is 436 g/mol. The minimum Gasteiger partial charge on any atom is -0.497 e. The predicted molar refractivity (Wildman–Crippen MR) is 123 cm³/mol. The molecular weight excluding hydrogens is 408 g/mol. The van der Waals surface area contributed by atoms with Gasteiger partial charge in [-0.05, 0) is 61.4 Å². The van der Waals surface area contributed by atoms with E-state index >= 15 is 0 Å². The molecule has 1 amide bonds. The van der Waals surface area contributed by atoms with Gasteiger partial charge in [0.1, 0.15) is 5.75 Å². The van der Waals surface area contributed by atoms with Crippen molar-refractivity contribution in [2.75, 3.05) is 12.9 Å². The summed E-state index contributed by atoms with van der Waals surface area (Å²) in [5.74, 6) is 1.79. The van der Waals surface area contributed by atoms with Gasteiger partial charge in [0, 0.05) is 12.6 Å². The maximum Gasteiger partial charge on any atom is 0.230 e. The standard InChI is InChI=1S/C24H28N4O2S/c1-16(18-12-11-17-7-4-5-8-19(17)13-18)25-22(29)15-31-24-27-26-23(28(24)2)20-9-6-10-21(14-20)30-3/h6,9-14,16H,4-5,7-8,15H2,1-3H3,(H,25,29)/t16-/m1/s1. The van der Waals surface area contributed by atoms with Gasteiger partial charge in [0.25, 0.3) is 0 Å². The Kier molecular flexibility index (Phi) is 6.61.